The molecule has 7 heteroatoms. The van der Waals surface area contributed by atoms with Crippen molar-refractivity contribution in [2.24, 2.45) is 5.92 Å². The third kappa shape index (κ3) is 6.29. The van der Waals surface area contributed by atoms with Crippen LogP contribution in [0.25, 0.3) is 0 Å². The number of amides is 2. The van der Waals surface area contributed by atoms with Gasteiger partial charge in [-0.15, -0.1) is 0 Å². The van der Waals surface area contributed by atoms with E-state index in [9.17, 15) is 22.8 Å². The lowest BCUT2D eigenvalue weighted by molar-refractivity contribution is -0.138. The van der Waals surface area contributed by atoms with Gasteiger partial charge < -0.3 is 9.80 Å². The van der Waals surface area contributed by atoms with Crippen LogP contribution in [-0.4, -0.2) is 34.7 Å². The first-order valence-corrected chi connectivity index (χ1v) is 11.6. The fraction of sp³-hybridized carbons (Fsp3) is 0.286. The zero-order valence-corrected chi connectivity index (χ0v) is 19.2. The van der Waals surface area contributed by atoms with Crippen molar-refractivity contribution in [1.82, 2.24) is 9.80 Å². The number of rotatable bonds is 6. The van der Waals surface area contributed by atoms with Crippen LogP contribution in [0.1, 0.15) is 39.9 Å². The van der Waals surface area contributed by atoms with Crippen LogP contribution in [0.2, 0.25) is 0 Å². The van der Waals surface area contributed by atoms with Crippen molar-refractivity contribution in [1.29, 1.82) is 0 Å². The zero-order chi connectivity index (χ0) is 24.8. The maximum absolute atomic E-state index is 13.5. The second-order valence-corrected chi connectivity index (χ2v) is 8.81. The van der Waals surface area contributed by atoms with Crippen LogP contribution in [0.5, 0.6) is 0 Å². The van der Waals surface area contributed by atoms with E-state index in [1.807, 2.05) is 65.6 Å². The molecule has 0 radical (unpaired) electrons. The van der Waals surface area contributed by atoms with Gasteiger partial charge in [-0.3, -0.25) is 9.59 Å². The van der Waals surface area contributed by atoms with Gasteiger partial charge in [0.15, 0.2) is 0 Å². The van der Waals surface area contributed by atoms with E-state index in [4.69, 9.17) is 0 Å². The second-order valence-electron chi connectivity index (χ2n) is 8.81. The molecule has 0 aromatic heterocycles. The molecule has 2 amide bonds. The SMILES string of the molecule is O=C(c1ccc(C(F)(F)F)cc1)N1CCC(C(=O)N(Cc2ccccc2)Cc2ccccc2)CC1. The summed E-state index contributed by atoms with van der Waals surface area (Å²) in [6, 6.07) is 23.9. The van der Waals surface area contributed by atoms with Crippen molar-refractivity contribution < 1.29 is 22.8 Å². The standard InChI is InChI=1S/C28H27F3N2O2/c29-28(30,31)25-13-11-23(12-14-25)26(34)32-17-15-24(16-18-32)27(35)33(19-21-7-3-1-4-8-21)20-22-9-5-2-6-10-22/h1-14,24H,15-20H2. The molecule has 35 heavy (non-hydrogen) atoms. The lowest BCUT2D eigenvalue weighted by Gasteiger charge is -2.34. The van der Waals surface area contributed by atoms with Gasteiger partial charge in [0.25, 0.3) is 5.91 Å². The van der Waals surface area contributed by atoms with E-state index in [0.29, 0.717) is 39.0 Å². The number of alkyl halides is 3. The summed E-state index contributed by atoms with van der Waals surface area (Å²) in [7, 11) is 0. The molecule has 0 bridgehead atoms. The summed E-state index contributed by atoms with van der Waals surface area (Å²) in [6.07, 6.45) is -3.40. The minimum atomic E-state index is -4.44. The Morgan fingerprint density at radius 3 is 1.71 bits per heavy atom. The largest absolute Gasteiger partial charge is 0.416 e. The molecule has 1 aliphatic rings. The average Bonchev–Trinajstić information content (AvgIpc) is 2.88. The molecular weight excluding hydrogens is 453 g/mol. The number of halogens is 3. The second kappa shape index (κ2) is 10.8. The Bertz CT molecular complexity index is 1080. The van der Waals surface area contributed by atoms with Crippen LogP contribution in [0.3, 0.4) is 0 Å². The van der Waals surface area contributed by atoms with E-state index in [-0.39, 0.29) is 23.3 Å². The highest BCUT2D eigenvalue weighted by Crippen LogP contribution is 2.30. The Hall–Kier alpha value is -3.61. The van der Waals surface area contributed by atoms with Crippen LogP contribution < -0.4 is 0 Å². The molecule has 0 aliphatic carbocycles. The van der Waals surface area contributed by atoms with Crippen LogP contribution in [-0.2, 0) is 24.1 Å². The van der Waals surface area contributed by atoms with Gasteiger partial charge in [-0.25, -0.2) is 0 Å². The zero-order valence-electron chi connectivity index (χ0n) is 19.2. The summed E-state index contributed by atoms with van der Waals surface area (Å²) in [5.74, 6) is -0.464. The quantitative estimate of drug-likeness (QED) is 0.448. The third-order valence-corrected chi connectivity index (χ3v) is 6.33. The Morgan fingerprint density at radius 1 is 0.771 bits per heavy atom. The number of piperidine rings is 1. The molecule has 3 aromatic rings. The van der Waals surface area contributed by atoms with Gasteiger partial charge in [0.05, 0.1) is 5.56 Å². The van der Waals surface area contributed by atoms with Gasteiger partial charge in [-0.1, -0.05) is 60.7 Å². The molecule has 1 aliphatic heterocycles. The fourth-order valence-corrected chi connectivity index (χ4v) is 4.39. The van der Waals surface area contributed by atoms with Crippen LogP contribution in [0.15, 0.2) is 84.9 Å². The highest BCUT2D eigenvalue weighted by atomic mass is 19.4. The highest BCUT2D eigenvalue weighted by Gasteiger charge is 2.32. The lowest BCUT2D eigenvalue weighted by Crippen LogP contribution is -2.44. The van der Waals surface area contributed by atoms with Gasteiger partial charge >= 0.3 is 6.18 Å². The molecule has 1 fully saturated rings. The van der Waals surface area contributed by atoms with Crippen molar-refractivity contribution in [2.75, 3.05) is 13.1 Å². The van der Waals surface area contributed by atoms with E-state index in [2.05, 4.69) is 0 Å². The molecule has 182 valence electrons. The maximum Gasteiger partial charge on any atom is 0.416 e. The third-order valence-electron chi connectivity index (χ3n) is 6.33. The van der Waals surface area contributed by atoms with Gasteiger partial charge in [0.1, 0.15) is 0 Å². The van der Waals surface area contributed by atoms with Crippen molar-refractivity contribution >= 4 is 11.8 Å². The first kappa shape index (κ1) is 24.5. The van der Waals surface area contributed by atoms with Gasteiger partial charge in [0.2, 0.25) is 5.91 Å². The van der Waals surface area contributed by atoms with Crippen molar-refractivity contribution in [3.05, 3.63) is 107 Å². The van der Waals surface area contributed by atoms with E-state index < -0.39 is 11.7 Å². The molecular formula is C28H27F3N2O2. The summed E-state index contributed by atoms with van der Waals surface area (Å²) in [5, 5.41) is 0. The van der Waals surface area contributed by atoms with E-state index in [1.165, 1.54) is 12.1 Å². The molecule has 0 spiro atoms. The summed E-state index contributed by atoms with van der Waals surface area (Å²) in [4.78, 5) is 29.8. The Balaban J connectivity index is 1.40. The number of carbonyl (C=O) groups excluding carboxylic acids is 2. The van der Waals surface area contributed by atoms with Crippen LogP contribution >= 0.6 is 0 Å². The first-order valence-electron chi connectivity index (χ1n) is 11.6. The average molecular weight is 481 g/mol. The minimum absolute atomic E-state index is 0.0549. The van der Waals surface area contributed by atoms with Crippen molar-refractivity contribution in [3.63, 3.8) is 0 Å². The normalized spacial score (nSPS) is 14.5. The summed E-state index contributed by atoms with van der Waals surface area (Å²) in [5.41, 5.74) is 1.53. The number of benzene rings is 3. The Labute approximate surface area is 203 Å². The summed E-state index contributed by atoms with van der Waals surface area (Å²) >= 11 is 0. The monoisotopic (exact) mass is 480 g/mol. The predicted octanol–water partition coefficient (Wildman–Crippen LogP) is 5.79. The number of hydrogen-bond acceptors (Lipinski definition) is 2. The fourth-order valence-electron chi connectivity index (χ4n) is 4.39. The van der Waals surface area contributed by atoms with E-state index in [0.717, 1.165) is 23.3 Å². The van der Waals surface area contributed by atoms with Crippen molar-refractivity contribution in [2.45, 2.75) is 32.1 Å². The molecule has 4 rings (SSSR count). The number of nitrogens with zero attached hydrogens (tertiary/aromatic N) is 2. The molecule has 0 N–H and O–H groups in total. The Kier molecular flexibility index (Phi) is 7.54. The van der Waals surface area contributed by atoms with Gasteiger partial charge in [0, 0.05) is 37.7 Å². The van der Waals surface area contributed by atoms with Crippen molar-refractivity contribution in [3.8, 4) is 0 Å². The topological polar surface area (TPSA) is 40.6 Å². The number of carbonyl (C=O) groups is 2. The highest BCUT2D eigenvalue weighted by molar-refractivity contribution is 5.94. The lowest BCUT2D eigenvalue weighted by atomic mass is 9.94. The van der Waals surface area contributed by atoms with Crippen LogP contribution in [0, 0.1) is 5.92 Å². The van der Waals surface area contributed by atoms with E-state index in [1.54, 1.807) is 4.90 Å². The molecule has 1 heterocycles. The molecule has 0 atom stereocenters. The molecule has 4 nitrogen and oxygen atoms in total. The Morgan fingerprint density at radius 2 is 1.26 bits per heavy atom. The molecule has 3 aromatic carbocycles. The van der Waals surface area contributed by atoms with Gasteiger partial charge in [-0.05, 0) is 48.2 Å². The van der Waals surface area contributed by atoms with E-state index >= 15 is 0 Å². The van der Waals surface area contributed by atoms with Crippen LogP contribution in [0.4, 0.5) is 13.2 Å². The molecule has 0 saturated carbocycles. The smallest absolute Gasteiger partial charge is 0.339 e. The number of hydrogen-bond donors (Lipinski definition) is 0. The number of likely N-dealkylation sites (tertiary alicyclic amines) is 1. The van der Waals surface area contributed by atoms with Gasteiger partial charge in [-0.2, -0.15) is 13.2 Å². The first-order chi connectivity index (χ1) is 16.8. The predicted molar refractivity (Wildman–Crippen MR) is 127 cm³/mol. The molecule has 0 unspecified atom stereocenters. The maximum atomic E-state index is 13.5. The summed E-state index contributed by atoms with van der Waals surface area (Å²) < 4.78 is 38.4. The molecule has 1 saturated heterocycles. The summed E-state index contributed by atoms with van der Waals surface area (Å²) in [6.45, 7) is 1.78. The minimum Gasteiger partial charge on any atom is -0.339 e.